The summed E-state index contributed by atoms with van der Waals surface area (Å²) >= 11 is 0. The van der Waals surface area contributed by atoms with E-state index in [4.69, 9.17) is 0 Å². The van der Waals surface area contributed by atoms with Crippen LogP contribution in [0, 0.1) is 5.41 Å². The quantitative estimate of drug-likeness (QED) is 0.751. The van der Waals surface area contributed by atoms with Crippen LogP contribution in [-0.4, -0.2) is 40.1 Å². The van der Waals surface area contributed by atoms with Gasteiger partial charge in [-0.2, -0.15) is 0 Å². The molecule has 4 heteroatoms. The number of aliphatic hydroxyl groups excluding tert-OH is 1. The van der Waals surface area contributed by atoms with E-state index < -0.39 is 0 Å². The van der Waals surface area contributed by atoms with E-state index in [1.54, 1.807) is 17.2 Å². The molecule has 1 amide bonds. The zero-order chi connectivity index (χ0) is 11.8. The lowest BCUT2D eigenvalue weighted by Gasteiger charge is -2.41. The summed E-state index contributed by atoms with van der Waals surface area (Å²) in [7, 11) is 0. The lowest BCUT2D eigenvalue weighted by atomic mass is 9.81. The molecule has 1 aromatic rings. The molecule has 0 spiro atoms. The van der Waals surface area contributed by atoms with E-state index in [2.05, 4.69) is 4.98 Å². The number of amides is 1. The van der Waals surface area contributed by atoms with Gasteiger partial charge in [0.2, 0.25) is 0 Å². The Labute approximate surface area is 95.3 Å². The van der Waals surface area contributed by atoms with Crippen LogP contribution in [0.15, 0.2) is 18.3 Å². The average molecular weight is 222 g/mol. The fraction of sp³-hybridized carbons (Fsp3) is 0.583. The number of aromatic nitrogens is 1. The molecule has 2 rings (SSSR count). The number of carbonyl (C=O) groups is 1. The molecular formula is C12H18N2O2. The number of rotatable bonds is 1. The Morgan fingerprint density at radius 2 is 2.38 bits per heavy atom. The molecule has 1 aliphatic rings. The van der Waals surface area contributed by atoms with Gasteiger partial charge < -0.3 is 15.0 Å². The summed E-state index contributed by atoms with van der Waals surface area (Å²) in [5.74, 6) is 0.0185. The molecule has 0 aromatic carbocycles. The molecule has 0 saturated carbocycles. The van der Waals surface area contributed by atoms with Crippen molar-refractivity contribution in [2.24, 2.45) is 5.41 Å². The van der Waals surface area contributed by atoms with E-state index in [1.165, 1.54) is 0 Å². The van der Waals surface area contributed by atoms with Crippen molar-refractivity contribution >= 4 is 5.91 Å². The zero-order valence-corrected chi connectivity index (χ0v) is 9.73. The summed E-state index contributed by atoms with van der Waals surface area (Å²) in [4.78, 5) is 16.8. The van der Waals surface area contributed by atoms with Gasteiger partial charge in [0, 0.05) is 24.7 Å². The minimum absolute atomic E-state index is 0.0185. The fourth-order valence-corrected chi connectivity index (χ4v) is 2.15. The Morgan fingerprint density at radius 1 is 1.62 bits per heavy atom. The molecule has 0 radical (unpaired) electrons. The van der Waals surface area contributed by atoms with E-state index >= 15 is 0 Å². The zero-order valence-electron chi connectivity index (χ0n) is 9.73. The minimum atomic E-state index is -0.319. The van der Waals surface area contributed by atoms with Crippen LogP contribution in [0.2, 0.25) is 0 Å². The third kappa shape index (κ3) is 1.97. The summed E-state index contributed by atoms with van der Waals surface area (Å²) < 4.78 is 0. The van der Waals surface area contributed by atoms with Gasteiger partial charge in [-0.15, -0.1) is 0 Å². The first-order chi connectivity index (χ1) is 7.50. The van der Waals surface area contributed by atoms with Crippen LogP contribution in [-0.2, 0) is 0 Å². The number of hydrogen-bond acceptors (Lipinski definition) is 2. The maximum absolute atomic E-state index is 12.1. The summed E-state index contributed by atoms with van der Waals surface area (Å²) in [6, 6.07) is 3.59. The van der Waals surface area contributed by atoms with Crippen molar-refractivity contribution in [2.45, 2.75) is 26.4 Å². The second-order valence-electron chi connectivity index (χ2n) is 5.10. The molecule has 1 atom stereocenters. The molecule has 1 aliphatic heterocycles. The van der Waals surface area contributed by atoms with Crippen LogP contribution in [0.3, 0.4) is 0 Å². The number of nitrogens with zero attached hydrogens (tertiary/aromatic N) is 1. The smallest absolute Gasteiger partial charge is 0.270 e. The van der Waals surface area contributed by atoms with Crippen LogP contribution >= 0.6 is 0 Å². The van der Waals surface area contributed by atoms with Crippen LogP contribution in [0.1, 0.15) is 30.8 Å². The molecule has 1 aromatic heterocycles. The largest absolute Gasteiger partial charge is 0.392 e. The van der Waals surface area contributed by atoms with Crippen molar-refractivity contribution in [3.8, 4) is 0 Å². The van der Waals surface area contributed by atoms with E-state index in [-0.39, 0.29) is 17.4 Å². The van der Waals surface area contributed by atoms with Crippen molar-refractivity contribution in [3.63, 3.8) is 0 Å². The van der Waals surface area contributed by atoms with Gasteiger partial charge in [-0.1, -0.05) is 13.8 Å². The van der Waals surface area contributed by atoms with Crippen molar-refractivity contribution < 1.29 is 9.90 Å². The van der Waals surface area contributed by atoms with Crippen molar-refractivity contribution in [2.75, 3.05) is 13.1 Å². The number of carbonyl (C=O) groups excluding carboxylic acids is 1. The summed E-state index contributed by atoms with van der Waals surface area (Å²) in [6.45, 7) is 5.21. The number of likely N-dealkylation sites (tertiary alicyclic amines) is 1. The Bertz CT molecular complexity index is 370. The molecule has 4 nitrogen and oxygen atoms in total. The van der Waals surface area contributed by atoms with Gasteiger partial charge in [-0.3, -0.25) is 4.79 Å². The number of hydrogen-bond donors (Lipinski definition) is 2. The third-order valence-electron chi connectivity index (χ3n) is 3.29. The summed E-state index contributed by atoms with van der Waals surface area (Å²) in [5.41, 5.74) is 0.396. The highest BCUT2D eigenvalue weighted by Crippen LogP contribution is 2.29. The van der Waals surface area contributed by atoms with Crippen LogP contribution < -0.4 is 0 Å². The highest BCUT2D eigenvalue weighted by atomic mass is 16.3. The molecule has 16 heavy (non-hydrogen) atoms. The van der Waals surface area contributed by atoms with Crippen molar-refractivity contribution in [1.82, 2.24) is 9.88 Å². The fourth-order valence-electron chi connectivity index (χ4n) is 2.15. The van der Waals surface area contributed by atoms with Gasteiger partial charge in [0.15, 0.2) is 0 Å². The molecule has 0 aliphatic carbocycles. The minimum Gasteiger partial charge on any atom is -0.392 e. The van der Waals surface area contributed by atoms with Gasteiger partial charge in [0.05, 0.1) is 6.10 Å². The van der Waals surface area contributed by atoms with Gasteiger partial charge in [-0.25, -0.2) is 0 Å². The molecule has 2 heterocycles. The first kappa shape index (κ1) is 11.2. The predicted molar refractivity (Wildman–Crippen MR) is 61.1 cm³/mol. The molecule has 0 bridgehead atoms. The van der Waals surface area contributed by atoms with Crippen LogP contribution in [0.5, 0.6) is 0 Å². The lowest BCUT2D eigenvalue weighted by molar-refractivity contribution is -0.0183. The Hall–Kier alpha value is -1.29. The first-order valence-electron chi connectivity index (χ1n) is 5.61. The van der Waals surface area contributed by atoms with E-state index in [0.717, 1.165) is 0 Å². The first-order valence-corrected chi connectivity index (χ1v) is 5.61. The van der Waals surface area contributed by atoms with Crippen molar-refractivity contribution in [1.29, 1.82) is 0 Å². The highest BCUT2D eigenvalue weighted by molar-refractivity contribution is 5.92. The SMILES string of the molecule is CC1(C)CN(C(=O)c2ccc[nH]2)CCC1O. The Kier molecular flexibility index (Phi) is 2.76. The molecule has 88 valence electrons. The molecular weight excluding hydrogens is 204 g/mol. The van der Waals surface area contributed by atoms with Crippen LogP contribution in [0.4, 0.5) is 0 Å². The highest BCUT2D eigenvalue weighted by Gasteiger charge is 2.36. The van der Waals surface area contributed by atoms with Gasteiger partial charge in [-0.05, 0) is 18.6 Å². The molecule has 1 unspecified atom stereocenters. The summed E-state index contributed by atoms with van der Waals surface area (Å²) in [5, 5.41) is 9.82. The maximum Gasteiger partial charge on any atom is 0.270 e. The van der Waals surface area contributed by atoms with E-state index in [9.17, 15) is 9.90 Å². The van der Waals surface area contributed by atoms with Gasteiger partial charge in [0.1, 0.15) is 5.69 Å². The normalized spacial score (nSPS) is 24.4. The maximum atomic E-state index is 12.1. The van der Waals surface area contributed by atoms with Gasteiger partial charge >= 0.3 is 0 Å². The number of aromatic amines is 1. The molecule has 1 saturated heterocycles. The topological polar surface area (TPSA) is 56.3 Å². The summed E-state index contributed by atoms with van der Waals surface area (Å²) in [6.07, 6.45) is 2.08. The van der Waals surface area contributed by atoms with E-state index in [0.29, 0.717) is 25.2 Å². The Balaban J connectivity index is 2.10. The van der Waals surface area contributed by atoms with Gasteiger partial charge in [0.25, 0.3) is 5.91 Å². The molecule has 2 N–H and O–H groups in total. The predicted octanol–water partition coefficient (Wildman–Crippen LogP) is 1.25. The number of aliphatic hydroxyl groups is 1. The second-order valence-corrected chi connectivity index (χ2v) is 5.10. The number of nitrogens with one attached hydrogen (secondary N) is 1. The standard InChI is InChI=1S/C12H18N2O2/c1-12(2)8-14(7-5-10(12)15)11(16)9-4-3-6-13-9/h3-4,6,10,13,15H,5,7-8H2,1-2H3. The lowest BCUT2D eigenvalue weighted by Crippen LogP contribution is -2.50. The van der Waals surface area contributed by atoms with Crippen LogP contribution in [0.25, 0.3) is 0 Å². The number of piperidine rings is 1. The van der Waals surface area contributed by atoms with Crippen molar-refractivity contribution in [3.05, 3.63) is 24.0 Å². The average Bonchev–Trinajstić information content (AvgIpc) is 2.74. The molecule has 1 fully saturated rings. The Morgan fingerprint density at radius 3 is 2.94 bits per heavy atom. The monoisotopic (exact) mass is 222 g/mol. The third-order valence-corrected chi connectivity index (χ3v) is 3.29. The number of H-pyrrole nitrogens is 1. The second kappa shape index (κ2) is 3.94. The van der Waals surface area contributed by atoms with E-state index in [1.807, 2.05) is 19.9 Å².